The van der Waals surface area contributed by atoms with Gasteiger partial charge >= 0.3 is 0 Å². The van der Waals surface area contributed by atoms with Crippen LogP contribution in [0.5, 0.6) is 0 Å². The van der Waals surface area contributed by atoms with Gasteiger partial charge in [0.25, 0.3) is 0 Å². The first-order chi connectivity index (χ1) is 9.70. The zero-order valence-corrected chi connectivity index (χ0v) is 11.3. The third kappa shape index (κ3) is 3.87. The molecule has 0 spiro atoms. The van der Waals surface area contributed by atoms with Crippen LogP contribution < -0.4 is 5.73 Å². The Morgan fingerprint density at radius 1 is 1.10 bits per heavy atom. The van der Waals surface area contributed by atoms with Crippen molar-refractivity contribution in [2.75, 3.05) is 6.54 Å². The van der Waals surface area contributed by atoms with E-state index < -0.39 is 11.6 Å². The quantitative estimate of drug-likeness (QED) is 0.763. The number of nitrogens with two attached hydrogens (primary N) is 1. The molecular weight excluding hydrogens is 260 g/mol. The zero-order chi connectivity index (χ0) is 14.4. The van der Waals surface area contributed by atoms with Gasteiger partial charge in [-0.15, -0.1) is 0 Å². The van der Waals surface area contributed by atoms with Crippen molar-refractivity contribution in [2.45, 2.75) is 32.1 Å². The number of nitrogens with zero attached hydrogens (tertiary/aromatic N) is 1. The Bertz CT molecular complexity index is 552. The first-order valence-corrected chi connectivity index (χ1v) is 6.90. The van der Waals surface area contributed by atoms with Crippen LogP contribution in [0, 0.1) is 11.6 Å². The molecule has 0 fully saturated rings. The lowest BCUT2D eigenvalue weighted by Gasteiger charge is -2.00. The number of benzene rings is 1. The molecule has 0 aliphatic rings. The van der Waals surface area contributed by atoms with Crippen molar-refractivity contribution in [3.63, 3.8) is 0 Å². The fourth-order valence-electron chi connectivity index (χ4n) is 2.12. The maximum Gasteiger partial charge on any atom is 0.135 e. The van der Waals surface area contributed by atoms with Gasteiger partial charge in [-0.05, 0) is 31.5 Å². The summed E-state index contributed by atoms with van der Waals surface area (Å²) in [5.41, 5.74) is 6.36. The summed E-state index contributed by atoms with van der Waals surface area (Å²) in [6.07, 6.45) is 6.72. The molecule has 0 unspecified atom stereocenters. The highest BCUT2D eigenvalue weighted by Gasteiger charge is 2.09. The Hall–Kier alpha value is -1.75. The number of hydrogen-bond donors (Lipinski definition) is 2. The first-order valence-electron chi connectivity index (χ1n) is 6.90. The molecule has 5 heteroatoms. The van der Waals surface area contributed by atoms with E-state index in [0.717, 1.165) is 50.5 Å². The molecular formula is C15H19F2N3. The third-order valence-corrected chi connectivity index (χ3v) is 3.22. The Labute approximate surface area is 117 Å². The van der Waals surface area contributed by atoms with E-state index in [1.165, 1.54) is 12.1 Å². The summed E-state index contributed by atoms with van der Waals surface area (Å²) in [5, 5.41) is 0. The summed E-state index contributed by atoms with van der Waals surface area (Å²) in [7, 11) is 0. The number of imidazole rings is 1. The second kappa shape index (κ2) is 7.14. The summed E-state index contributed by atoms with van der Waals surface area (Å²) in [5.74, 6) is -0.328. The van der Waals surface area contributed by atoms with Crippen LogP contribution in [0.2, 0.25) is 0 Å². The Kier molecular flexibility index (Phi) is 5.24. The van der Waals surface area contributed by atoms with Crippen molar-refractivity contribution in [1.29, 1.82) is 0 Å². The lowest BCUT2D eigenvalue weighted by molar-refractivity contribution is 0.585. The van der Waals surface area contributed by atoms with Gasteiger partial charge in [0.05, 0.1) is 11.9 Å². The van der Waals surface area contributed by atoms with E-state index in [-0.39, 0.29) is 0 Å². The van der Waals surface area contributed by atoms with Gasteiger partial charge in [-0.25, -0.2) is 13.8 Å². The van der Waals surface area contributed by atoms with Crippen molar-refractivity contribution in [2.24, 2.45) is 5.73 Å². The fraction of sp³-hybridized carbons (Fsp3) is 0.400. The number of H-pyrrole nitrogens is 1. The van der Waals surface area contributed by atoms with E-state index >= 15 is 0 Å². The van der Waals surface area contributed by atoms with Gasteiger partial charge in [-0.3, -0.25) is 0 Å². The van der Waals surface area contributed by atoms with Crippen LogP contribution in [0.15, 0.2) is 24.4 Å². The normalized spacial score (nSPS) is 10.9. The van der Waals surface area contributed by atoms with Gasteiger partial charge in [0.15, 0.2) is 0 Å². The molecule has 0 atom stereocenters. The average Bonchev–Trinajstić information content (AvgIpc) is 2.87. The molecule has 0 bridgehead atoms. The predicted octanol–water partition coefficient (Wildman–Crippen LogP) is 3.42. The second-order valence-corrected chi connectivity index (χ2v) is 4.82. The Balaban J connectivity index is 1.95. The highest BCUT2D eigenvalue weighted by molar-refractivity contribution is 5.59. The van der Waals surface area contributed by atoms with Crippen LogP contribution in [0.3, 0.4) is 0 Å². The highest BCUT2D eigenvalue weighted by Crippen LogP contribution is 2.22. The zero-order valence-electron chi connectivity index (χ0n) is 11.3. The van der Waals surface area contributed by atoms with Crippen LogP contribution in [0.25, 0.3) is 11.3 Å². The van der Waals surface area contributed by atoms with E-state index in [4.69, 9.17) is 5.73 Å². The fourth-order valence-corrected chi connectivity index (χ4v) is 2.12. The molecule has 1 aromatic carbocycles. The number of aromatic amines is 1. The second-order valence-electron chi connectivity index (χ2n) is 4.82. The van der Waals surface area contributed by atoms with Crippen molar-refractivity contribution < 1.29 is 8.78 Å². The van der Waals surface area contributed by atoms with Gasteiger partial charge in [-0.2, -0.15) is 0 Å². The van der Waals surface area contributed by atoms with Gasteiger partial charge in [0, 0.05) is 18.1 Å². The van der Waals surface area contributed by atoms with E-state index in [0.29, 0.717) is 11.3 Å². The van der Waals surface area contributed by atoms with Crippen LogP contribution in [0.1, 0.15) is 31.5 Å². The predicted molar refractivity (Wildman–Crippen MR) is 75.2 cm³/mol. The van der Waals surface area contributed by atoms with E-state index in [1.807, 2.05) is 0 Å². The highest BCUT2D eigenvalue weighted by atomic mass is 19.1. The van der Waals surface area contributed by atoms with Gasteiger partial charge in [0.1, 0.15) is 17.5 Å². The molecule has 0 radical (unpaired) electrons. The summed E-state index contributed by atoms with van der Waals surface area (Å²) in [4.78, 5) is 7.32. The molecule has 3 nitrogen and oxygen atoms in total. The lowest BCUT2D eigenvalue weighted by atomic mass is 10.1. The van der Waals surface area contributed by atoms with Gasteiger partial charge < -0.3 is 10.7 Å². The maximum atomic E-state index is 13.6. The van der Waals surface area contributed by atoms with Crippen molar-refractivity contribution in [1.82, 2.24) is 9.97 Å². The van der Waals surface area contributed by atoms with Crippen LogP contribution in [0.4, 0.5) is 8.78 Å². The molecule has 0 aliphatic carbocycles. The number of aryl methyl sites for hydroxylation is 1. The Morgan fingerprint density at radius 3 is 2.65 bits per heavy atom. The molecule has 2 rings (SSSR count). The van der Waals surface area contributed by atoms with Gasteiger partial charge in [0.2, 0.25) is 0 Å². The van der Waals surface area contributed by atoms with Crippen LogP contribution in [-0.4, -0.2) is 16.5 Å². The third-order valence-electron chi connectivity index (χ3n) is 3.22. The van der Waals surface area contributed by atoms with Crippen LogP contribution >= 0.6 is 0 Å². The minimum Gasteiger partial charge on any atom is -0.342 e. The summed E-state index contributed by atoms with van der Waals surface area (Å²) in [6.45, 7) is 0.731. The molecule has 0 saturated carbocycles. The minimum atomic E-state index is -0.580. The number of hydrogen-bond acceptors (Lipinski definition) is 2. The summed E-state index contributed by atoms with van der Waals surface area (Å²) in [6, 6.07) is 3.54. The summed E-state index contributed by atoms with van der Waals surface area (Å²) < 4.78 is 26.5. The number of nitrogens with one attached hydrogen (secondary N) is 1. The van der Waals surface area contributed by atoms with E-state index in [2.05, 4.69) is 9.97 Å². The molecule has 0 amide bonds. The topological polar surface area (TPSA) is 54.7 Å². The molecule has 0 aliphatic heterocycles. The number of aromatic nitrogens is 2. The largest absolute Gasteiger partial charge is 0.342 e. The molecule has 0 saturated heterocycles. The number of halogens is 2. The maximum absolute atomic E-state index is 13.6. The van der Waals surface area contributed by atoms with E-state index in [1.54, 1.807) is 6.20 Å². The standard InChI is InChI=1S/C15H19F2N3/c16-11-6-7-12(13(17)9-11)14-10-19-15(20-14)5-3-1-2-4-8-18/h6-7,9-10H,1-5,8,18H2,(H,19,20). The molecule has 108 valence electrons. The van der Waals surface area contributed by atoms with E-state index in [9.17, 15) is 8.78 Å². The molecule has 3 N–H and O–H groups in total. The lowest BCUT2D eigenvalue weighted by Crippen LogP contribution is -1.98. The van der Waals surface area contributed by atoms with Crippen LogP contribution in [-0.2, 0) is 6.42 Å². The average molecular weight is 279 g/mol. The minimum absolute atomic E-state index is 0.341. The SMILES string of the molecule is NCCCCCCc1ncc(-c2ccc(F)cc2F)[nH]1. The molecule has 20 heavy (non-hydrogen) atoms. The molecule has 1 aromatic heterocycles. The summed E-state index contributed by atoms with van der Waals surface area (Å²) >= 11 is 0. The smallest absolute Gasteiger partial charge is 0.135 e. The Morgan fingerprint density at radius 2 is 1.90 bits per heavy atom. The van der Waals surface area contributed by atoms with Crippen molar-refractivity contribution >= 4 is 0 Å². The molecule has 2 aromatic rings. The monoisotopic (exact) mass is 279 g/mol. The van der Waals surface area contributed by atoms with Gasteiger partial charge in [-0.1, -0.05) is 12.8 Å². The number of rotatable bonds is 7. The number of unbranched alkanes of at least 4 members (excludes halogenated alkanes) is 3. The first kappa shape index (κ1) is 14.7. The van der Waals surface area contributed by atoms with Crippen molar-refractivity contribution in [3.8, 4) is 11.3 Å². The molecule has 1 heterocycles. The van der Waals surface area contributed by atoms with Crippen molar-refractivity contribution in [3.05, 3.63) is 41.9 Å².